The normalized spacial score (nSPS) is 9.34. The Bertz CT molecular complexity index is 1750. The van der Waals surface area contributed by atoms with Gasteiger partial charge in [0.1, 0.15) is 11.6 Å². The van der Waals surface area contributed by atoms with Crippen LogP contribution in [-0.2, 0) is 22.8 Å². The van der Waals surface area contributed by atoms with Crippen molar-refractivity contribution in [3.63, 3.8) is 0 Å². The maximum absolute atomic E-state index is 13.2. The zero-order chi connectivity index (χ0) is 40.9. The van der Waals surface area contributed by atoms with Crippen LogP contribution in [0.2, 0.25) is 0 Å². The molecule has 0 aliphatic rings. The van der Waals surface area contributed by atoms with E-state index < -0.39 is 29.1 Å². The van der Waals surface area contributed by atoms with Crippen LogP contribution in [-0.4, -0.2) is 71.3 Å². The number of hydrogen-bond donors (Lipinski definition) is 3. The first-order valence-corrected chi connectivity index (χ1v) is 16.6. The molecule has 0 amide bonds. The van der Waals surface area contributed by atoms with Crippen molar-refractivity contribution in [1.29, 1.82) is 5.26 Å². The fourth-order valence-electron chi connectivity index (χ4n) is 3.86. The van der Waals surface area contributed by atoms with E-state index in [1.54, 1.807) is 11.0 Å². The maximum Gasteiger partial charge on any atom is 1.00 e. The summed E-state index contributed by atoms with van der Waals surface area (Å²) in [6.07, 6.45) is 0. The number of rotatable bonds is 14. The number of carbonyl (C=O) groups excluding carboxylic acids is 3. The summed E-state index contributed by atoms with van der Waals surface area (Å²) in [5.41, 5.74) is 2.03. The van der Waals surface area contributed by atoms with Crippen molar-refractivity contribution in [2.24, 2.45) is 0 Å². The van der Waals surface area contributed by atoms with Crippen LogP contribution in [0.1, 0.15) is 40.2 Å². The van der Waals surface area contributed by atoms with Gasteiger partial charge in [-0.25, -0.2) is 26.3 Å². The van der Waals surface area contributed by atoms with Gasteiger partial charge in [0, 0.05) is 44.2 Å². The summed E-state index contributed by atoms with van der Waals surface area (Å²) in [7, 11) is 0. The first-order valence-electron chi connectivity index (χ1n) is 15.5. The summed E-state index contributed by atoms with van der Waals surface area (Å²) < 4.78 is 76.5. The van der Waals surface area contributed by atoms with E-state index in [4.69, 9.17) is 25.5 Å². The molecule has 294 valence electrons. The summed E-state index contributed by atoms with van der Waals surface area (Å²) in [4.78, 5) is 36.0. The number of aliphatic hydroxyl groups excluding tert-OH is 2. The summed E-state index contributed by atoms with van der Waals surface area (Å²) >= 11 is 3.03. The summed E-state index contributed by atoms with van der Waals surface area (Å²) in [6, 6.07) is 19.6. The summed E-state index contributed by atoms with van der Waals surface area (Å²) in [6.45, 7) is 2.34. The third-order valence-electron chi connectivity index (χ3n) is 6.27. The average Bonchev–Trinajstić information content (AvgIpc) is 3.16. The van der Waals surface area contributed by atoms with Gasteiger partial charge in [-0.05, 0) is 83.9 Å². The molecule has 0 aromatic heterocycles. The van der Waals surface area contributed by atoms with Gasteiger partial charge in [-0.2, -0.15) is 5.26 Å². The van der Waals surface area contributed by atoms with Crippen molar-refractivity contribution in [1.82, 2.24) is 10.2 Å². The van der Waals surface area contributed by atoms with Crippen LogP contribution >= 0.6 is 15.9 Å². The fraction of sp³-hybridized carbons (Fsp3) is 0.243. The molecule has 0 saturated heterocycles. The van der Waals surface area contributed by atoms with Crippen molar-refractivity contribution in [2.75, 3.05) is 38.2 Å². The number of aliphatic hydroxyl groups is 2. The average molecular weight is 909 g/mol. The molecule has 0 unspecified atom stereocenters. The molecule has 0 heterocycles. The number of nitrogens with one attached hydrogen (secondary N) is 1. The Morgan fingerprint density at radius 2 is 1.23 bits per heavy atom. The fourth-order valence-corrected chi connectivity index (χ4v) is 4.18. The standard InChI is InChI=1S/C17H16F3NO2.C9H11F2NO.C8H6BrFO.C2H3N.CH2O3.2K.H/c18-14-4-2-13(3-5-14)17(23)11-21(7-8-22)10-12-1-6-15(19)16(20)9-12;10-8-2-1-7(5-9(8)11)6-12-3-4-13;9-5-8(11)6-1-3-7(10)4-2-6;1-2-3;2-1-4-3;;;/h1-6,9,22H,7-8,10-11H2;1-2,5,12-13H,3-4,6H2;1-4H,5H2;1H3;1,3H;;;/q;;;;;2*+1;-1/p-1. The van der Waals surface area contributed by atoms with Crippen molar-refractivity contribution in [3.05, 3.63) is 142 Å². The third kappa shape index (κ3) is 27.1. The van der Waals surface area contributed by atoms with Crippen molar-refractivity contribution in [2.45, 2.75) is 20.0 Å². The summed E-state index contributed by atoms with van der Waals surface area (Å²) in [5.74, 6) is -4.63. The number of hydrogen-bond acceptors (Lipinski definition) is 10. The van der Waals surface area contributed by atoms with Crippen LogP contribution in [0, 0.1) is 46.2 Å². The van der Waals surface area contributed by atoms with Crippen molar-refractivity contribution >= 4 is 34.0 Å². The molecule has 0 fully saturated rings. The van der Waals surface area contributed by atoms with E-state index in [-0.39, 0.29) is 166 Å². The molecule has 3 N–H and O–H groups in total. The molecule has 19 heteroatoms. The Morgan fingerprint density at radius 3 is 1.62 bits per heavy atom. The summed E-state index contributed by atoms with van der Waals surface area (Å²) in [5, 5.41) is 36.4. The number of Topliss-reactive ketones (excluding diaryl/α,β-unsaturated/α-hetero) is 2. The van der Waals surface area contributed by atoms with E-state index in [0.717, 1.165) is 24.3 Å². The van der Waals surface area contributed by atoms with Gasteiger partial charge in [0.25, 0.3) is 6.47 Å². The third-order valence-corrected chi connectivity index (χ3v) is 6.78. The Labute approximate surface area is 415 Å². The second-order valence-electron chi connectivity index (χ2n) is 10.2. The quantitative estimate of drug-likeness (QED) is 0.0216. The van der Waals surface area contributed by atoms with E-state index in [1.165, 1.54) is 67.6 Å². The van der Waals surface area contributed by atoms with Crippen molar-refractivity contribution < 1.29 is 165 Å². The van der Waals surface area contributed by atoms with Gasteiger partial charge in [0.05, 0.1) is 31.2 Å². The number of carbonyl (C=O) groups is 3. The van der Waals surface area contributed by atoms with Gasteiger partial charge in [0.2, 0.25) is 0 Å². The maximum atomic E-state index is 13.2. The molecule has 4 rings (SSSR count). The zero-order valence-electron chi connectivity index (χ0n) is 31.8. The minimum Gasteiger partial charge on any atom is -1.00 e. The number of halogens is 7. The second kappa shape index (κ2) is 36.4. The minimum absolute atomic E-state index is 0. The first kappa shape index (κ1) is 58.6. The SMILES string of the molecule is CC#N.O=C(CBr)c1ccc(F)cc1.O=C(CN(CCO)Cc1ccc(F)c(F)c1)c1ccc(F)cc1.O=CO[O-].OCCNCc1ccc(F)c(F)c1.[H-].[K+].[K+]. The molecule has 0 atom stereocenters. The topological polar surface area (TPSA) is 163 Å². The van der Waals surface area contributed by atoms with Crippen LogP contribution < -0.4 is 113 Å². The van der Waals surface area contributed by atoms with Gasteiger partial charge < -0.3 is 27.1 Å². The molecule has 0 aliphatic heterocycles. The predicted octanol–water partition coefficient (Wildman–Crippen LogP) is -0.684. The number of alkyl halides is 1. The molecule has 0 spiro atoms. The Kier molecular flexibility index (Phi) is 38.1. The molecular formula is C37H38BrF6K2N3O7. The Morgan fingerprint density at radius 1 is 0.804 bits per heavy atom. The molecule has 0 aliphatic carbocycles. The minimum atomic E-state index is -0.962. The van der Waals surface area contributed by atoms with Gasteiger partial charge in [-0.3, -0.25) is 19.3 Å². The number of nitriles is 1. The molecule has 10 nitrogen and oxygen atoms in total. The smallest absolute Gasteiger partial charge is 1.00 e. The van der Waals surface area contributed by atoms with E-state index in [2.05, 4.69) is 26.1 Å². The molecule has 4 aromatic rings. The van der Waals surface area contributed by atoms with Gasteiger partial charge in [-0.1, -0.05) is 28.1 Å². The Balaban J connectivity index is -0.000000354. The molecule has 0 saturated carbocycles. The monoisotopic (exact) mass is 907 g/mol. The molecule has 4 aromatic carbocycles. The van der Waals surface area contributed by atoms with Crippen LogP contribution in [0.3, 0.4) is 0 Å². The van der Waals surface area contributed by atoms with Crippen molar-refractivity contribution in [3.8, 4) is 6.07 Å². The van der Waals surface area contributed by atoms with Crippen LogP contribution in [0.15, 0.2) is 84.9 Å². The largest absolute Gasteiger partial charge is 1.00 e. The second-order valence-corrected chi connectivity index (χ2v) is 10.8. The number of nitrogens with zero attached hydrogens (tertiary/aromatic N) is 2. The van der Waals surface area contributed by atoms with E-state index in [1.807, 2.05) is 0 Å². The number of benzene rings is 4. The van der Waals surface area contributed by atoms with Crippen LogP contribution in [0.5, 0.6) is 0 Å². The molecule has 0 radical (unpaired) electrons. The van der Waals surface area contributed by atoms with Gasteiger partial charge in [0.15, 0.2) is 34.8 Å². The van der Waals surface area contributed by atoms with E-state index in [0.29, 0.717) is 35.3 Å². The molecule has 0 bridgehead atoms. The predicted molar refractivity (Wildman–Crippen MR) is 189 cm³/mol. The first-order chi connectivity index (χ1) is 25.8. The van der Waals surface area contributed by atoms with Crippen LogP contribution in [0.25, 0.3) is 0 Å². The molecule has 56 heavy (non-hydrogen) atoms. The number of ketones is 2. The van der Waals surface area contributed by atoms with Crippen LogP contribution in [0.4, 0.5) is 26.3 Å². The zero-order valence-corrected chi connectivity index (χ0v) is 38.6. The Hall–Kier alpha value is -1.69. The van der Waals surface area contributed by atoms with E-state index >= 15 is 0 Å². The van der Waals surface area contributed by atoms with E-state index in [9.17, 15) is 35.9 Å². The van der Waals surface area contributed by atoms with Gasteiger partial charge >= 0.3 is 103 Å². The van der Waals surface area contributed by atoms with Gasteiger partial charge in [-0.15, -0.1) is 0 Å². The molecular weight excluding hydrogens is 871 g/mol.